The minimum Gasteiger partial charge on any atom is -0.456 e. The molecular formula is C33H20BrN3O. The predicted octanol–water partition coefficient (Wildman–Crippen LogP) is 9.20. The Kier molecular flexibility index (Phi) is 5.56. The van der Waals surface area contributed by atoms with Gasteiger partial charge >= 0.3 is 0 Å². The maximum absolute atomic E-state index is 6.13. The first-order valence-electron chi connectivity index (χ1n) is 12.3. The fourth-order valence-corrected chi connectivity index (χ4v) is 5.18. The number of rotatable bonds is 4. The van der Waals surface area contributed by atoms with Crippen LogP contribution in [0.25, 0.3) is 67.2 Å². The molecular weight excluding hydrogens is 534 g/mol. The van der Waals surface area contributed by atoms with Gasteiger partial charge in [-0.05, 0) is 35.4 Å². The van der Waals surface area contributed by atoms with E-state index in [9.17, 15) is 0 Å². The monoisotopic (exact) mass is 553 g/mol. The predicted molar refractivity (Wildman–Crippen MR) is 157 cm³/mol. The van der Waals surface area contributed by atoms with Gasteiger partial charge in [0.05, 0.1) is 0 Å². The van der Waals surface area contributed by atoms with Gasteiger partial charge in [-0.1, -0.05) is 113 Å². The molecule has 0 N–H and O–H groups in total. The first-order chi connectivity index (χ1) is 18.7. The number of fused-ring (bicyclic) bond motifs is 3. The van der Waals surface area contributed by atoms with E-state index in [4.69, 9.17) is 19.4 Å². The minimum atomic E-state index is 0.613. The van der Waals surface area contributed by atoms with Crippen molar-refractivity contribution in [2.45, 2.75) is 0 Å². The second-order valence-corrected chi connectivity index (χ2v) is 9.95. The van der Waals surface area contributed by atoms with Crippen LogP contribution in [0.15, 0.2) is 130 Å². The summed E-state index contributed by atoms with van der Waals surface area (Å²) in [4.78, 5) is 14.8. The van der Waals surface area contributed by atoms with Crippen molar-refractivity contribution in [3.63, 3.8) is 0 Å². The Bertz CT molecular complexity index is 1930. The summed E-state index contributed by atoms with van der Waals surface area (Å²) >= 11 is 3.57. The molecule has 180 valence electrons. The molecule has 2 aromatic heterocycles. The van der Waals surface area contributed by atoms with Crippen molar-refractivity contribution in [2.75, 3.05) is 0 Å². The first-order valence-corrected chi connectivity index (χ1v) is 13.1. The van der Waals surface area contributed by atoms with Crippen LogP contribution in [-0.4, -0.2) is 15.0 Å². The topological polar surface area (TPSA) is 51.8 Å². The lowest BCUT2D eigenvalue weighted by molar-refractivity contribution is 0.669. The summed E-state index contributed by atoms with van der Waals surface area (Å²) in [5.41, 5.74) is 6.70. The first kappa shape index (κ1) is 22.6. The highest BCUT2D eigenvalue weighted by Gasteiger charge is 2.17. The van der Waals surface area contributed by atoms with Gasteiger partial charge in [0.25, 0.3) is 0 Å². The van der Waals surface area contributed by atoms with Crippen LogP contribution in [0.2, 0.25) is 0 Å². The number of nitrogens with zero attached hydrogens (tertiary/aromatic N) is 3. The molecule has 5 aromatic carbocycles. The van der Waals surface area contributed by atoms with E-state index >= 15 is 0 Å². The number of halogens is 1. The molecule has 38 heavy (non-hydrogen) atoms. The molecule has 0 saturated carbocycles. The van der Waals surface area contributed by atoms with Gasteiger partial charge in [-0.15, -0.1) is 0 Å². The lowest BCUT2D eigenvalue weighted by Crippen LogP contribution is -2.00. The van der Waals surface area contributed by atoms with Gasteiger partial charge in [-0.2, -0.15) is 0 Å². The van der Waals surface area contributed by atoms with Crippen molar-refractivity contribution in [2.24, 2.45) is 0 Å². The van der Waals surface area contributed by atoms with E-state index in [1.807, 2.05) is 72.8 Å². The van der Waals surface area contributed by atoms with Crippen LogP contribution in [0.4, 0.5) is 0 Å². The SMILES string of the molecule is Brc1cccc(-c2ccc(-c3nc(-c4ccccc4)nc(-c4cccc5oc6ccccc6c45)n3)cc2)c1. The van der Waals surface area contributed by atoms with E-state index in [0.29, 0.717) is 17.5 Å². The standard InChI is InChI=1S/C33H20BrN3O/c34-25-11-6-10-24(20-25)21-16-18-23(19-17-21)32-35-31(22-8-2-1-3-9-22)36-33(37-32)27-13-7-15-29-30(27)26-12-4-5-14-28(26)38-29/h1-20H. The summed E-state index contributed by atoms with van der Waals surface area (Å²) in [6.07, 6.45) is 0. The highest BCUT2D eigenvalue weighted by atomic mass is 79.9. The van der Waals surface area contributed by atoms with E-state index in [1.54, 1.807) is 0 Å². The van der Waals surface area contributed by atoms with Gasteiger partial charge in [0, 0.05) is 31.9 Å². The van der Waals surface area contributed by atoms with Crippen molar-refractivity contribution < 1.29 is 4.42 Å². The highest BCUT2D eigenvalue weighted by molar-refractivity contribution is 9.10. The van der Waals surface area contributed by atoms with Gasteiger partial charge in [0.1, 0.15) is 11.2 Å². The summed E-state index contributed by atoms with van der Waals surface area (Å²) < 4.78 is 7.18. The Morgan fingerprint density at radius 2 is 1.08 bits per heavy atom. The van der Waals surface area contributed by atoms with Crippen LogP contribution < -0.4 is 0 Å². The molecule has 0 atom stereocenters. The fraction of sp³-hybridized carbons (Fsp3) is 0. The smallest absolute Gasteiger partial charge is 0.164 e. The molecule has 7 aromatic rings. The Balaban J connectivity index is 1.41. The molecule has 7 rings (SSSR count). The quantitative estimate of drug-likeness (QED) is 0.218. The van der Waals surface area contributed by atoms with Crippen LogP contribution in [0, 0.1) is 0 Å². The largest absolute Gasteiger partial charge is 0.456 e. The molecule has 0 aliphatic heterocycles. The van der Waals surface area contributed by atoms with Crippen molar-refractivity contribution in [3.05, 3.63) is 126 Å². The van der Waals surface area contributed by atoms with E-state index in [2.05, 4.69) is 64.5 Å². The molecule has 0 spiro atoms. The van der Waals surface area contributed by atoms with E-state index < -0.39 is 0 Å². The normalized spacial score (nSPS) is 11.3. The summed E-state index contributed by atoms with van der Waals surface area (Å²) in [6.45, 7) is 0. The Labute approximate surface area is 227 Å². The average molecular weight is 554 g/mol. The van der Waals surface area contributed by atoms with Crippen LogP contribution >= 0.6 is 15.9 Å². The highest BCUT2D eigenvalue weighted by Crippen LogP contribution is 2.36. The lowest BCUT2D eigenvalue weighted by Gasteiger charge is -2.10. The van der Waals surface area contributed by atoms with Gasteiger partial charge in [-0.25, -0.2) is 15.0 Å². The average Bonchev–Trinajstić information content (AvgIpc) is 3.36. The van der Waals surface area contributed by atoms with E-state index in [-0.39, 0.29) is 0 Å². The van der Waals surface area contributed by atoms with Crippen LogP contribution in [0.3, 0.4) is 0 Å². The number of benzene rings is 5. The van der Waals surface area contributed by atoms with Crippen molar-refractivity contribution in [3.8, 4) is 45.3 Å². The van der Waals surface area contributed by atoms with Crippen molar-refractivity contribution in [1.82, 2.24) is 15.0 Å². The molecule has 0 bridgehead atoms. The number of hydrogen-bond acceptors (Lipinski definition) is 4. The number of furan rings is 1. The molecule has 0 fully saturated rings. The van der Waals surface area contributed by atoms with Crippen LogP contribution in [0.5, 0.6) is 0 Å². The van der Waals surface area contributed by atoms with Crippen LogP contribution in [-0.2, 0) is 0 Å². The molecule has 0 amide bonds. The molecule has 0 saturated heterocycles. The number of para-hydroxylation sites is 1. The van der Waals surface area contributed by atoms with Gasteiger partial charge in [0.15, 0.2) is 17.5 Å². The molecule has 4 nitrogen and oxygen atoms in total. The zero-order valence-corrected chi connectivity index (χ0v) is 21.8. The second-order valence-electron chi connectivity index (χ2n) is 9.04. The zero-order valence-electron chi connectivity index (χ0n) is 20.2. The summed E-state index contributed by atoms with van der Waals surface area (Å²) in [6, 6.07) is 40.7. The Morgan fingerprint density at radius 3 is 1.87 bits per heavy atom. The fourth-order valence-electron chi connectivity index (χ4n) is 4.78. The Morgan fingerprint density at radius 1 is 0.474 bits per heavy atom. The molecule has 0 unspecified atom stereocenters. The van der Waals surface area contributed by atoms with Crippen LogP contribution in [0.1, 0.15) is 0 Å². The second kappa shape index (κ2) is 9.36. The van der Waals surface area contributed by atoms with Gasteiger partial charge in [0.2, 0.25) is 0 Å². The maximum atomic E-state index is 6.13. The van der Waals surface area contributed by atoms with Gasteiger partial charge < -0.3 is 4.42 Å². The number of aromatic nitrogens is 3. The minimum absolute atomic E-state index is 0.613. The summed E-state index contributed by atoms with van der Waals surface area (Å²) in [5, 5.41) is 2.05. The zero-order chi connectivity index (χ0) is 25.5. The molecule has 2 heterocycles. The third-order valence-corrected chi connectivity index (χ3v) is 7.11. The summed E-state index contributed by atoms with van der Waals surface area (Å²) in [5.74, 6) is 1.87. The molecule has 5 heteroatoms. The van der Waals surface area contributed by atoms with E-state index in [0.717, 1.165) is 54.2 Å². The molecule has 0 aliphatic carbocycles. The summed E-state index contributed by atoms with van der Waals surface area (Å²) in [7, 11) is 0. The maximum Gasteiger partial charge on any atom is 0.164 e. The Hall–Kier alpha value is -4.61. The lowest BCUT2D eigenvalue weighted by atomic mass is 10.0. The third-order valence-electron chi connectivity index (χ3n) is 6.61. The van der Waals surface area contributed by atoms with Crippen molar-refractivity contribution in [1.29, 1.82) is 0 Å². The number of hydrogen-bond donors (Lipinski definition) is 0. The van der Waals surface area contributed by atoms with Gasteiger partial charge in [-0.3, -0.25) is 0 Å². The van der Waals surface area contributed by atoms with Crippen molar-refractivity contribution >= 4 is 37.9 Å². The molecule has 0 radical (unpaired) electrons. The molecule has 0 aliphatic rings. The van der Waals surface area contributed by atoms with E-state index in [1.165, 1.54) is 0 Å². The third kappa shape index (κ3) is 4.07.